The van der Waals surface area contributed by atoms with Gasteiger partial charge in [0.1, 0.15) is 0 Å². The van der Waals surface area contributed by atoms with Crippen molar-refractivity contribution >= 4 is 34.3 Å². The Bertz CT molecular complexity index is 1450. The lowest BCUT2D eigenvalue weighted by atomic mass is 10.0. The molecule has 0 radical (unpaired) electrons. The van der Waals surface area contributed by atoms with Crippen LogP contribution < -0.4 is 10.2 Å². The Balaban J connectivity index is 1.35. The predicted molar refractivity (Wildman–Crippen MR) is 137 cm³/mol. The highest BCUT2D eigenvalue weighted by molar-refractivity contribution is 6.35. The van der Waals surface area contributed by atoms with Crippen molar-refractivity contribution in [2.45, 2.75) is 33.2 Å². The van der Waals surface area contributed by atoms with Gasteiger partial charge in [0.05, 0.1) is 16.8 Å². The zero-order valence-electron chi connectivity index (χ0n) is 19.9. The fourth-order valence-electron chi connectivity index (χ4n) is 4.82. The normalized spacial score (nSPS) is 12.9. The van der Waals surface area contributed by atoms with Crippen molar-refractivity contribution in [3.63, 3.8) is 0 Å². The highest BCUT2D eigenvalue weighted by atomic mass is 16.2. The average molecular weight is 466 g/mol. The number of nitrogens with one attached hydrogen (secondary N) is 1. The van der Waals surface area contributed by atoms with Crippen molar-refractivity contribution < 1.29 is 14.4 Å². The highest BCUT2D eigenvalue weighted by Gasteiger charge is 2.38. The first-order chi connectivity index (χ1) is 17.0. The Morgan fingerprint density at radius 3 is 2.29 bits per heavy atom. The van der Waals surface area contributed by atoms with Crippen LogP contribution in [0, 0.1) is 0 Å². The van der Waals surface area contributed by atoms with Crippen molar-refractivity contribution in [3.05, 3.63) is 101 Å². The molecule has 3 amide bonds. The number of fused-ring (bicyclic) bond motifs is 2. The van der Waals surface area contributed by atoms with Crippen LogP contribution in [0.5, 0.6) is 0 Å². The van der Waals surface area contributed by atoms with Gasteiger partial charge in [0, 0.05) is 30.4 Å². The van der Waals surface area contributed by atoms with E-state index in [4.69, 9.17) is 0 Å². The monoisotopic (exact) mass is 465 g/mol. The van der Waals surface area contributed by atoms with E-state index in [1.807, 2.05) is 62.5 Å². The third-order valence-corrected chi connectivity index (χ3v) is 6.66. The molecule has 1 N–H and O–H groups in total. The van der Waals surface area contributed by atoms with Gasteiger partial charge in [-0.1, -0.05) is 50.2 Å². The molecule has 0 bridgehead atoms. The molecule has 0 aliphatic carbocycles. The van der Waals surface area contributed by atoms with Crippen LogP contribution in [0.1, 0.15) is 56.0 Å². The number of carbonyl (C=O) groups is 3. The molecule has 1 aromatic heterocycles. The van der Waals surface area contributed by atoms with E-state index in [2.05, 4.69) is 16.0 Å². The number of anilines is 1. The van der Waals surface area contributed by atoms with E-state index in [1.165, 1.54) is 11.0 Å². The van der Waals surface area contributed by atoms with Crippen LogP contribution in [0.25, 0.3) is 10.9 Å². The summed E-state index contributed by atoms with van der Waals surface area (Å²) in [5.74, 6) is -0.993. The van der Waals surface area contributed by atoms with Gasteiger partial charge >= 0.3 is 0 Å². The van der Waals surface area contributed by atoms with Gasteiger partial charge in [-0.3, -0.25) is 14.4 Å². The third kappa shape index (κ3) is 3.91. The molecule has 6 nitrogen and oxygen atoms in total. The van der Waals surface area contributed by atoms with Crippen LogP contribution in [-0.2, 0) is 19.4 Å². The molecule has 2 heterocycles. The van der Waals surface area contributed by atoms with Crippen LogP contribution in [0.2, 0.25) is 0 Å². The average Bonchev–Trinajstić information content (AvgIpc) is 3.41. The maximum Gasteiger partial charge on any atom is 0.266 e. The van der Waals surface area contributed by atoms with Crippen LogP contribution >= 0.6 is 0 Å². The zero-order chi connectivity index (χ0) is 24.5. The minimum absolute atomic E-state index is 0.270. The van der Waals surface area contributed by atoms with Crippen LogP contribution in [0.15, 0.2) is 72.9 Å². The summed E-state index contributed by atoms with van der Waals surface area (Å²) in [6.07, 6.45) is 3.42. The fourth-order valence-corrected chi connectivity index (χ4v) is 4.82. The number of nitrogens with zero attached hydrogens (tertiary/aromatic N) is 2. The van der Waals surface area contributed by atoms with Gasteiger partial charge in [-0.2, -0.15) is 0 Å². The van der Waals surface area contributed by atoms with E-state index >= 15 is 0 Å². The molecule has 0 atom stereocenters. The predicted octanol–water partition coefficient (Wildman–Crippen LogP) is 5.00. The van der Waals surface area contributed by atoms with Crippen LogP contribution in [-0.4, -0.2) is 28.8 Å². The summed E-state index contributed by atoms with van der Waals surface area (Å²) in [4.78, 5) is 40.7. The van der Waals surface area contributed by atoms with Gasteiger partial charge in [-0.05, 0) is 59.7 Å². The fraction of sp³-hybridized carbons (Fsp3) is 0.207. The number of hydrogen-bond donors (Lipinski definition) is 1. The number of para-hydroxylation sites is 2. The van der Waals surface area contributed by atoms with E-state index in [0.717, 1.165) is 22.0 Å². The van der Waals surface area contributed by atoms with Crippen LogP contribution in [0.3, 0.4) is 0 Å². The maximum absolute atomic E-state index is 13.4. The van der Waals surface area contributed by atoms with Gasteiger partial charge in [-0.15, -0.1) is 0 Å². The first kappa shape index (κ1) is 22.6. The number of amides is 3. The summed E-state index contributed by atoms with van der Waals surface area (Å²) in [7, 11) is 0. The topological polar surface area (TPSA) is 71.4 Å². The van der Waals surface area contributed by atoms with E-state index in [1.54, 1.807) is 12.1 Å². The number of carbonyl (C=O) groups excluding carboxylic acids is 3. The molecule has 1 aliphatic heterocycles. The molecular weight excluding hydrogens is 438 g/mol. The van der Waals surface area contributed by atoms with Crippen molar-refractivity contribution in [1.29, 1.82) is 0 Å². The van der Waals surface area contributed by atoms with Gasteiger partial charge in [0.25, 0.3) is 17.7 Å². The number of aromatic nitrogens is 1. The minimum atomic E-state index is -0.380. The standard InChI is InChI=1S/C29H27N3O3/c1-3-19-9-7-10-20(4-2)26(19)32-28(34)23-13-12-22(18-24(23)29(32)35)27(33)30-15-17-31-16-14-21-8-5-6-11-25(21)31/h5-14,16,18H,3-4,15,17H2,1-2H3,(H,30,33). The van der Waals surface area contributed by atoms with Gasteiger partial charge in [0.15, 0.2) is 0 Å². The summed E-state index contributed by atoms with van der Waals surface area (Å²) in [5.41, 5.74) is 4.66. The zero-order valence-corrected chi connectivity index (χ0v) is 19.9. The second-order valence-electron chi connectivity index (χ2n) is 8.66. The molecule has 6 heteroatoms. The second-order valence-corrected chi connectivity index (χ2v) is 8.66. The quantitative estimate of drug-likeness (QED) is 0.391. The molecule has 5 rings (SSSR count). The lowest BCUT2D eigenvalue weighted by molar-refractivity contribution is 0.0923. The maximum atomic E-state index is 13.4. The molecule has 0 unspecified atom stereocenters. The Hall–Kier alpha value is -4.19. The Morgan fingerprint density at radius 2 is 1.54 bits per heavy atom. The smallest absolute Gasteiger partial charge is 0.266 e. The van der Waals surface area contributed by atoms with E-state index in [0.29, 0.717) is 42.7 Å². The Labute approximate surface area is 204 Å². The van der Waals surface area contributed by atoms with Crippen LogP contribution in [0.4, 0.5) is 5.69 Å². The van der Waals surface area contributed by atoms with Gasteiger partial charge in [0.2, 0.25) is 0 Å². The molecule has 3 aromatic carbocycles. The van der Waals surface area contributed by atoms with Crippen molar-refractivity contribution in [1.82, 2.24) is 9.88 Å². The first-order valence-electron chi connectivity index (χ1n) is 12.0. The van der Waals surface area contributed by atoms with E-state index in [-0.39, 0.29) is 23.3 Å². The first-order valence-corrected chi connectivity index (χ1v) is 12.0. The number of benzene rings is 3. The third-order valence-electron chi connectivity index (χ3n) is 6.66. The van der Waals surface area contributed by atoms with Crippen molar-refractivity contribution in [2.24, 2.45) is 0 Å². The molecule has 1 aliphatic rings. The van der Waals surface area contributed by atoms with Gasteiger partial charge < -0.3 is 9.88 Å². The summed E-state index contributed by atoms with van der Waals surface area (Å²) in [6.45, 7) is 5.09. The number of rotatable bonds is 7. The molecule has 35 heavy (non-hydrogen) atoms. The van der Waals surface area contributed by atoms with Crippen molar-refractivity contribution in [2.75, 3.05) is 11.4 Å². The number of aryl methyl sites for hydroxylation is 2. The molecule has 0 saturated heterocycles. The highest BCUT2D eigenvalue weighted by Crippen LogP contribution is 2.34. The summed E-state index contributed by atoms with van der Waals surface area (Å²) in [5, 5.41) is 4.08. The molecule has 0 spiro atoms. The number of hydrogen-bond acceptors (Lipinski definition) is 3. The lowest BCUT2D eigenvalue weighted by Crippen LogP contribution is -2.31. The SMILES string of the molecule is CCc1cccc(CC)c1N1C(=O)c2ccc(C(=O)NCCn3ccc4ccccc43)cc2C1=O. The molecule has 176 valence electrons. The second kappa shape index (κ2) is 9.22. The van der Waals surface area contributed by atoms with E-state index < -0.39 is 0 Å². The summed E-state index contributed by atoms with van der Waals surface area (Å²) in [6, 6.07) is 20.7. The molecule has 4 aromatic rings. The van der Waals surface area contributed by atoms with Gasteiger partial charge in [-0.25, -0.2) is 4.90 Å². The number of imide groups is 1. The minimum Gasteiger partial charge on any atom is -0.350 e. The largest absolute Gasteiger partial charge is 0.350 e. The molecule has 0 saturated carbocycles. The van der Waals surface area contributed by atoms with E-state index in [9.17, 15) is 14.4 Å². The molecular formula is C29H27N3O3. The Kier molecular flexibility index (Phi) is 5.95. The summed E-state index contributed by atoms with van der Waals surface area (Å²) < 4.78 is 2.09. The lowest BCUT2D eigenvalue weighted by Gasteiger charge is -2.21. The Morgan fingerprint density at radius 1 is 0.829 bits per heavy atom. The van der Waals surface area contributed by atoms with Crippen molar-refractivity contribution in [3.8, 4) is 0 Å². The summed E-state index contributed by atoms with van der Waals surface area (Å²) >= 11 is 0. The molecule has 0 fully saturated rings.